The van der Waals surface area contributed by atoms with Gasteiger partial charge in [-0.3, -0.25) is 0 Å². The summed E-state index contributed by atoms with van der Waals surface area (Å²) in [6, 6.07) is 1.09. The average Bonchev–Trinajstić information content (AvgIpc) is 3.29. The van der Waals surface area contributed by atoms with Gasteiger partial charge in [-0.25, -0.2) is 17.7 Å². The summed E-state index contributed by atoms with van der Waals surface area (Å²) in [5.74, 6) is -2.67. The van der Waals surface area contributed by atoms with Gasteiger partial charge in [-0.15, -0.1) is 0 Å². The van der Waals surface area contributed by atoms with Gasteiger partial charge >= 0.3 is 0 Å². The zero-order valence-corrected chi connectivity index (χ0v) is 12.1. The molecule has 2 bridgehead atoms. The molecule has 4 aliphatic rings. The van der Waals surface area contributed by atoms with Gasteiger partial charge in [0, 0.05) is 23.3 Å². The Morgan fingerprint density at radius 2 is 1.35 bits per heavy atom. The number of nitrogens with zero attached hydrogens (tertiary/aromatic N) is 1. The maximum Gasteiger partial charge on any atom is 0.202 e. The predicted molar refractivity (Wildman–Crippen MR) is 75.3 cm³/mol. The van der Waals surface area contributed by atoms with E-state index in [0.29, 0.717) is 35.1 Å². The Bertz CT molecular complexity index is 821. The summed E-state index contributed by atoms with van der Waals surface area (Å²) < 4.78 is 41.7. The second kappa shape index (κ2) is 4.04. The van der Waals surface area contributed by atoms with Crippen LogP contribution < -0.4 is 0 Å². The number of halogens is 3. The Kier molecular flexibility index (Phi) is 2.35. The molecule has 4 atom stereocenters. The number of hydrogen-bond acceptors (Lipinski definition) is 2. The van der Waals surface area contributed by atoms with Gasteiger partial charge in [-0.05, 0) is 42.9 Å². The van der Waals surface area contributed by atoms with Crippen LogP contribution in [0.5, 0.6) is 11.8 Å². The molecule has 0 amide bonds. The molecule has 0 saturated heterocycles. The van der Waals surface area contributed by atoms with Crippen LogP contribution in [0.1, 0.15) is 42.2 Å². The van der Waals surface area contributed by atoms with Gasteiger partial charge < -0.3 is 10.2 Å². The quantitative estimate of drug-likeness (QED) is 0.782. The fourth-order valence-corrected chi connectivity index (χ4v) is 4.89. The number of hydrogen-bond donors (Lipinski definition) is 2. The third-order valence-corrected chi connectivity index (χ3v) is 5.88. The number of aromatic hydroxyl groups is 2. The van der Waals surface area contributed by atoms with Gasteiger partial charge in [0.15, 0.2) is 17.5 Å². The van der Waals surface area contributed by atoms with Crippen LogP contribution in [-0.2, 0) is 0 Å². The normalized spacial score (nSPS) is 30.2. The molecule has 3 nitrogen and oxygen atoms in total. The molecule has 0 aliphatic heterocycles. The molecule has 1 aromatic carbocycles. The summed E-state index contributed by atoms with van der Waals surface area (Å²) in [7, 11) is 0. The Hall–Kier alpha value is -2.11. The second-order valence-corrected chi connectivity index (χ2v) is 6.88. The molecule has 6 rings (SSSR count). The van der Waals surface area contributed by atoms with E-state index in [1.165, 1.54) is 0 Å². The van der Waals surface area contributed by atoms with Crippen molar-refractivity contribution in [2.75, 3.05) is 0 Å². The van der Waals surface area contributed by atoms with Crippen molar-refractivity contribution in [3.05, 3.63) is 40.7 Å². The summed E-state index contributed by atoms with van der Waals surface area (Å²) in [6.45, 7) is 0. The number of aromatic nitrogens is 1. The van der Waals surface area contributed by atoms with Gasteiger partial charge in [-0.2, -0.15) is 0 Å². The SMILES string of the molecule is Oc1c2c(c(O)n1-c1cc(F)c(F)cc1F)[C@@H]1CC[C@H]2[C@H]2C[C@H]21. The fourth-order valence-electron chi connectivity index (χ4n) is 4.89. The van der Waals surface area contributed by atoms with Crippen molar-refractivity contribution < 1.29 is 23.4 Å². The van der Waals surface area contributed by atoms with Crippen molar-refractivity contribution in [1.82, 2.24) is 4.57 Å². The van der Waals surface area contributed by atoms with Crippen LogP contribution in [0.4, 0.5) is 13.2 Å². The molecule has 0 unspecified atom stereocenters. The van der Waals surface area contributed by atoms with Crippen LogP contribution >= 0.6 is 0 Å². The van der Waals surface area contributed by atoms with E-state index < -0.39 is 17.5 Å². The first kappa shape index (κ1) is 13.3. The monoisotopic (exact) mass is 321 g/mol. The molecule has 2 saturated carbocycles. The minimum absolute atomic E-state index is 0.167. The van der Waals surface area contributed by atoms with Crippen LogP contribution in [-0.4, -0.2) is 14.8 Å². The summed E-state index contributed by atoms with van der Waals surface area (Å²) >= 11 is 0. The number of benzene rings is 1. The summed E-state index contributed by atoms with van der Waals surface area (Å²) in [5.41, 5.74) is 0.963. The van der Waals surface area contributed by atoms with Crippen LogP contribution in [0.15, 0.2) is 12.1 Å². The molecular weight excluding hydrogens is 307 g/mol. The van der Waals surface area contributed by atoms with Crippen LogP contribution in [0.25, 0.3) is 5.69 Å². The minimum Gasteiger partial charge on any atom is -0.494 e. The largest absolute Gasteiger partial charge is 0.494 e. The Labute approximate surface area is 130 Å². The Morgan fingerprint density at radius 3 is 1.91 bits per heavy atom. The van der Waals surface area contributed by atoms with E-state index in [-0.39, 0.29) is 29.3 Å². The second-order valence-electron chi connectivity index (χ2n) is 6.88. The highest BCUT2D eigenvalue weighted by molar-refractivity contribution is 5.59. The molecular formula is C17H14F3NO2. The predicted octanol–water partition coefficient (Wildman–Crippen LogP) is 3.92. The van der Waals surface area contributed by atoms with Gasteiger partial charge in [0.1, 0.15) is 0 Å². The lowest BCUT2D eigenvalue weighted by Gasteiger charge is -2.35. The molecule has 1 heterocycles. The lowest BCUT2D eigenvalue weighted by molar-refractivity contribution is 0.322. The van der Waals surface area contributed by atoms with E-state index in [1.54, 1.807) is 0 Å². The zero-order chi connectivity index (χ0) is 16.0. The minimum atomic E-state index is -1.30. The van der Waals surface area contributed by atoms with Crippen molar-refractivity contribution in [2.45, 2.75) is 31.1 Å². The molecule has 0 spiro atoms. The van der Waals surface area contributed by atoms with E-state index in [1.807, 2.05) is 0 Å². The summed E-state index contributed by atoms with van der Waals surface area (Å²) in [4.78, 5) is 0. The van der Waals surface area contributed by atoms with Gasteiger partial charge in [0.2, 0.25) is 11.8 Å². The first-order valence-electron chi connectivity index (χ1n) is 7.80. The number of fused-ring (bicyclic) bond motifs is 1. The highest BCUT2D eigenvalue weighted by Crippen LogP contribution is 2.70. The third-order valence-electron chi connectivity index (χ3n) is 5.88. The third kappa shape index (κ3) is 1.51. The molecule has 2 fully saturated rings. The van der Waals surface area contributed by atoms with E-state index in [2.05, 4.69) is 0 Å². The van der Waals surface area contributed by atoms with Crippen LogP contribution in [0.2, 0.25) is 0 Å². The van der Waals surface area contributed by atoms with E-state index >= 15 is 0 Å². The fraction of sp³-hybridized carbons (Fsp3) is 0.412. The van der Waals surface area contributed by atoms with Crippen molar-refractivity contribution in [3.63, 3.8) is 0 Å². The lowest BCUT2D eigenvalue weighted by Crippen LogP contribution is -2.22. The van der Waals surface area contributed by atoms with Gasteiger partial charge in [-0.1, -0.05) is 0 Å². The van der Waals surface area contributed by atoms with Crippen molar-refractivity contribution in [3.8, 4) is 17.4 Å². The molecule has 120 valence electrons. The maximum atomic E-state index is 14.1. The van der Waals surface area contributed by atoms with E-state index in [0.717, 1.165) is 23.8 Å². The van der Waals surface area contributed by atoms with Crippen molar-refractivity contribution >= 4 is 0 Å². The molecule has 2 aromatic rings. The van der Waals surface area contributed by atoms with Crippen LogP contribution in [0.3, 0.4) is 0 Å². The molecule has 23 heavy (non-hydrogen) atoms. The Balaban J connectivity index is 1.77. The first-order chi connectivity index (χ1) is 11.0. The standard InChI is InChI=1S/C17H14F3NO2/c18-10-4-12(20)13(5-11(10)19)21-16(22)14-6-1-2-7(9-3-8(6)9)15(14)17(21)23/h4-9,22-23H,1-3H2/t6-,7+,8+,9-. The molecule has 1 aromatic heterocycles. The first-order valence-corrected chi connectivity index (χ1v) is 7.80. The smallest absolute Gasteiger partial charge is 0.202 e. The van der Waals surface area contributed by atoms with Gasteiger partial charge in [0.05, 0.1) is 5.69 Å². The van der Waals surface area contributed by atoms with Crippen molar-refractivity contribution in [2.24, 2.45) is 11.8 Å². The highest BCUT2D eigenvalue weighted by atomic mass is 19.2. The number of rotatable bonds is 1. The zero-order valence-electron chi connectivity index (χ0n) is 12.1. The molecule has 0 radical (unpaired) electrons. The average molecular weight is 321 g/mol. The van der Waals surface area contributed by atoms with Crippen molar-refractivity contribution in [1.29, 1.82) is 0 Å². The highest BCUT2D eigenvalue weighted by Gasteiger charge is 2.59. The molecule has 4 aliphatic carbocycles. The van der Waals surface area contributed by atoms with Gasteiger partial charge in [0.25, 0.3) is 0 Å². The lowest BCUT2D eigenvalue weighted by atomic mass is 9.68. The summed E-state index contributed by atoms with van der Waals surface area (Å²) in [6.07, 6.45) is 2.98. The van der Waals surface area contributed by atoms with Crippen LogP contribution in [0, 0.1) is 29.3 Å². The molecule has 6 heteroatoms. The topological polar surface area (TPSA) is 45.4 Å². The molecule has 2 N–H and O–H groups in total. The van der Waals surface area contributed by atoms with E-state index in [4.69, 9.17) is 0 Å². The van der Waals surface area contributed by atoms with E-state index in [9.17, 15) is 23.4 Å². The maximum absolute atomic E-state index is 14.1. The summed E-state index contributed by atoms with van der Waals surface area (Å²) in [5, 5.41) is 21.1. The Morgan fingerprint density at radius 1 is 0.826 bits per heavy atom.